The van der Waals surface area contributed by atoms with E-state index in [-0.39, 0.29) is 11.5 Å². The summed E-state index contributed by atoms with van der Waals surface area (Å²) >= 11 is 0. The Morgan fingerprint density at radius 3 is 2.48 bits per heavy atom. The van der Waals surface area contributed by atoms with Crippen molar-refractivity contribution >= 4 is 15.7 Å². The topological polar surface area (TPSA) is 57.6 Å². The summed E-state index contributed by atoms with van der Waals surface area (Å²) in [6.45, 7) is 1.72. The maximum Gasteiger partial charge on any atom is 0.264 e. The average molecular weight is 303 g/mol. The summed E-state index contributed by atoms with van der Waals surface area (Å²) in [6.07, 6.45) is 0.539. The van der Waals surface area contributed by atoms with Crippen LogP contribution in [0.1, 0.15) is 11.1 Å². The van der Waals surface area contributed by atoms with E-state index in [1.807, 2.05) is 25.1 Å². The van der Waals surface area contributed by atoms with E-state index < -0.39 is 16.1 Å². The number of hydrogen-bond donors (Lipinski definition) is 1. The van der Waals surface area contributed by atoms with Gasteiger partial charge in [0.1, 0.15) is 0 Å². The Morgan fingerprint density at radius 1 is 1.14 bits per heavy atom. The minimum atomic E-state index is -3.66. The Balaban J connectivity index is 2.11. The third-order valence-electron chi connectivity index (χ3n) is 3.80. The monoisotopic (exact) mass is 303 g/mol. The molecule has 0 bridgehead atoms. The van der Waals surface area contributed by atoms with Crippen molar-refractivity contribution in [3.63, 3.8) is 0 Å². The molecule has 2 aromatic carbocycles. The zero-order valence-corrected chi connectivity index (χ0v) is 12.5. The van der Waals surface area contributed by atoms with Crippen LogP contribution in [0.25, 0.3) is 0 Å². The molecule has 110 valence electrons. The van der Waals surface area contributed by atoms with Crippen molar-refractivity contribution in [2.75, 3.05) is 10.9 Å². The average Bonchev–Trinajstić information content (AvgIpc) is 2.87. The number of nitrogens with zero attached hydrogens (tertiary/aromatic N) is 1. The summed E-state index contributed by atoms with van der Waals surface area (Å²) in [7, 11) is -3.66. The second-order valence-corrected chi connectivity index (χ2v) is 7.10. The highest BCUT2D eigenvalue weighted by Crippen LogP contribution is 2.36. The number of hydrogen-bond acceptors (Lipinski definition) is 3. The number of benzene rings is 2. The highest BCUT2D eigenvalue weighted by atomic mass is 32.2. The molecular weight excluding hydrogens is 286 g/mol. The molecule has 0 spiro atoms. The molecule has 1 atom stereocenters. The molecule has 0 aliphatic carbocycles. The van der Waals surface area contributed by atoms with Gasteiger partial charge in [-0.2, -0.15) is 0 Å². The molecule has 4 nitrogen and oxygen atoms in total. The summed E-state index contributed by atoms with van der Waals surface area (Å²) in [5.74, 6) is 0. The Kier molecular flexibility index (Phi) is 3.47. The van der Waals surface area contributed by atoms with Gasteiger partial charge in [-0.1, -0.05) is 35.9 Å². The number of anilines is 1. The molecule has 1 aliphatic heterocycles. The first kappa shape index (κ1) is 14.1. The molecule has 5 heteroatoms. The smallest absolute Gasteiger partial charge is 0.264 e. The van der Waals surface area contributed by atoms with Gasteiger partial charge in [-0.25, -0.2) is 8.42 Å². The highest BCUT2D eigenvalue weighted by molar-refractivity contribution is 7.92. The van der Waals surface area contributed by atoms with E-state index in [0.29, 0.717) is 12.1 Å². The lowest BCUT2D eigenvalue weighted by molar-refractivity contribution is 0.270. The predicted molar refractivity (Wildman–Crippen MR) is 81.9 cm³/mol. The fourth-order valence-electron chi connectivity index (χ4n) is 2.72. The van der Waals surface area contributed by atoms with Crippen molar-refractivity contribution in [2.24, 2.45) is 0 Å². The zero-order valence-electron chi connectivity index (χ0n) is 11.7. The largest absolute Gasteiger partial charge is 0.394 e. The number of rotatable bonds is 3. The zero-order chi connectivity index (χ0) is 15.0. The molecule has 0 unspecified atom stereocenters. The molecule has 1 N–H and O–H groups in total. The van der Waals surface area contributed by atoms with E-state index in [4.69, 9.17) is 0 Å². The molecule has 1 heterocycles. The van der Waals surface area contributed by atoms with Crippen molar-refractivity contribution in [1.29, 1.82) is 0 Å². The van der Waals surface area contributed by atoms with Crippen LogP contribution in [0, 0.1) is 6.92 Å². The first-order chi connectivity index (χ1) is 10.0. The molecule has 21 heavy (non-hydrogen) atoms. The highest BCUT2D eigenvalue weighted by Gasteiger charge is 2.37. The summed E-state index contributed by atoms with van der Waals surface area (Å²) in [5, 5.41) is 9.56. The number of aliphatic hydroxyl groups is 1. The summed E-state index contributed by atoms with van der Waals surface area (Å²) in [5.41, 5.74) is 2.62. The third kappa shape index (κ3) is 2.32. The number of aryl methyl sites for hydroxylation is 1. The van der Waals surface area contributed by atoms with Crippen LogP contribution >= 0.6 is 0 Å². The second-order valence-electron chi connectivity index (χ2n) is 5.28. The van der Waals surface area contributed by atoms with Gasteiger partial charge in [-0.05, 0) is 37.1 Å². The van der Waals surface area contributed by atoms with Crippen molar-refractivity contribution in [3.8, 4) is 0 Å². The Labute approximate surface area is 124 Å². The van der Waals surface area contributed by atoms with Gasteiger partial charge in [0.05, 0.1) is 23.2 Å². The van der Waals surface area contributed by atoms with E-state index in [2.05, 4.69) is 0 Å². The number of sulfonamides is 1. The number of aliphatic hydroxyl groups excluding tert-OH is 1. The third-order valence-corrected chi connectivity index (χ3v) is 5.69. The molecule has 0 radical (unpaired) electrons. The van der Waals surface area contributed by atoms with Crippen molar-refractivity contribution < 1.29 is 13.5 Å². The molecule has 0 aromatic heterocycles. The minimum absolute atomic E-state index is 0.195. The Hall–Kier alpha value is -1.85. The molecule has 1 aliphatic rings. The SMILES string of the molecule is Cc1ccc(S(=O)(=O)N2c3ccccc3C[C@H]2CO)cc1. The Bertz CT molecular complexity index is 753. The van der Waals surface area contributed by atoms with Crippen LogP contribution in [0.15, 0.2) is 53.4 Å². The van der Waals surface area contributed by atoms with Gasteiger partial charge in [0.15, 0.2) is 0 Å². The standard InChI is InChI=1S/C16H17NO3S/c1-12-6-8-15(9-7-12)21(19,20)17-14(11-18)10-13-4-2-3-5-16(13)17/h2-9,14,18H,10-11H2,1H3/t14-/m0/s1. The lowest BCUT2D eigenvalue weighted by Crippen LogP contribution is -2.39. The van der Waals surface area contributed by atoms with Gasteiger partial charge in [0, 0.05) is 0 Å². The lowest BCUT2D eigenvalue weighted by atomic mass is 10.1. The van der Waals surface area contributed by atoms with E-state index in [1.54, 1.807) is 30.3 Å². The van der Waals surface area contributed by atoms with Crippen LogP contribution in [0.2, 0.25) is 0 Å². The van der Waals surface area contributed by atoms with E-state index >= 15 is 0 Å². The molecule has 2 aromatic rings. The Morgan fingerprint density at radius 2 is 1.81 bits per heavy atom. The van der Waals surface area contributed by atoms with Gasteiger partial charge in [-0.3, -0.25) is 4.31 Å². The van der Waals surface area contributed by atoms with Gasteiger partial charge in [0.25, 0.3) is 10.0 Å². The van der Waals surface area contributed by atoms with Crippen molar-refractivity contribution in [1.82, 2.24) is 0 Å². The van der Waals surface area contributed by atoms with E-state index in [1.165, 1.54) is 4.31 Å². The molecule has 0 saturated carbocycles. The molecule has 0 saturated heterocycles. The molecule has 3 rings (SSSR count). The van der Waals surface area contributed by atoms with E-state index in [9.17, 15) is 13.5 Å². The number of para-hydroxylation sites is 1. The van der Waals surface area contributed by atoms with Crippen molar-refractivity contribution in [2.45, 2.75) is 24.3 Å². The summed E-state index contributed by atoms with van der Waals surface area (Å²) in [6, 6.07) is 13.7. The normalized spacial score (nSPS) is 17.8. The first-order valence-electron chi connectivity index (χ1n) is 6.84. The number of fused-ring (bicyclic) bond motifs is 1. The predicted octanol–water partition coefficient (Wildman–Crippen LogP) is 2.11. The summed E-state index contributed by atoms with van der Waals surface area (Å²) in [4.78, 5) is 0.253. The first-order valence-corrected chi connectivity index (χ1v) is 8.28. The van der Waals surface area contributed by atoms with Crippen LogP contribution < -0.4 is 4.31 Å². The minimum Gasteiger partial charge on any atom is -0.394 e. The fraction of sp³-hybridized carbons (Fsp3) is 0.250. The maximum absolute atomic E-state index is 12.9. The van der Waals surface area contributed by atoms with Crippen LogP contribution in [-0.2, 0) is 16.4 Å². The van der Waals surface area contributed by atoms with Crippen LogP contribution in [-0.4, -0.2) is 26.2 Å². The molecular formula is C16H17NO3S. The van der Waals surface area contributed by atoms with Gasteiger partial charge >= 0.3 is 0 Å². The van der Waals surface area contributed by atoms with Gasteiger partial charge < -0.3 is 5.11 Å². The second kappa shape index (κ2) is 5.16. The molecule has 0 fully saturated rings. The van der Waals surface area contributed by atoms with Crippen LogP contribution in [0.5, 0.6) is 0 Å². The fourth-order valence-corrected chi connectivity index (χ4v) is 4.40. The van der Waals surface area contributed by atoms with E-state index in [0.717, 1.165) is 11.1 Å². The van der Waals surface area contributed by atoms with Crippen molar-refractivity contribution in [3.05, 3.63) is 59.7 Å². The van der Waals surface area contributed by atoms with Crippen LogP contribution in [0.3, 0.4) is 0 Å². The maximum atomic E-state index is 12.9. The van der Waals surface area contributed by atoms with Gasteiger partial charge in [-0.15, -0.1) is 0 Å². The van der Waals surface area contributed by atoms with Crippen LogP contribution in [0.4, 0.5) is 5.69 Å². The molecule has 0 amide bonds. The quantitative estimate of drug-likeness (QED) is 0.945. The lowest BCUT2D eigenvalue weighted by Gasteiger charge is -2.25. The summed E-state index contributed by atoms with van der Waals surface area (Å²) < 4.78 is 27.1. The van der Waals surface area contributed by atoms with Gasteiger partial charge in [0.2, 0.25) is 0 Å².